The second-order valence-corrected chi connectivity index (χ2v) is 6.93. The number of aryl methyl sites for hydroxylation is 1. The molecular formula is C12H22N4O2S. The van der Waals surface area contributed by atoms with E-state index in [-0.39, 0.29) is 23.5 Å². The molecule has 1 aliphatic rings. The molecule has 2 atom stereocenters. The van der Waals surface area contributed by atoms with Crippen LogP contribution in [0.1, 0.15) is 44.5 Å². The summed E-state index contributed by atoms with van der Waals surface area (Å²) in [5.41, 5.74) is 6.58. The summed E-state index contributed by atoms with van der Waals surface area (Å²) in [6, 6.07) is 0.120. The fourth-order valence-electron chi connectivity index (χ4n) is 2.92. The quantitative estimate of drug-likeness (QED) is 0.867. The summed E-state index contributed by atoms with van der Waals surface area (Å²) in [4.78, 5) is 0.266. The molecule has 0 bridgehead atoms. The molecule has 1 saturated heterocycles. The summed E-state index contributed by atoms with van der Waals surface area (Å²) < 4.78 is 27.4. The van der Waals surface area contributed by atoms with E-state index >= 15 is 0 Å². The van der Waals surface area contributed by atoms with Crippen molar-refractivity contribution in [2.24, 2.45) is 5.73 Å². The number of hydrogen-bond donors (Lipinski definition) is 2. The molecule has 7 heteroatoms. The van der Waals surface area contributed by atoms with Crippen LogP contribution in [0, 0.1) is 6.92 Å². The Morgan fingerprint density at radius 2 is 2.16 bits per heavy atom. The molecule has 108 valence electrons. The molecule has 19 heavy (non-hydrogen) atoms. The third kappa shape index (κ3) is 2.30. The number of sulfonamides is 1. The first kappa shape index (κ1) is 14.5. The number of nitrogens with two attached hydrogens (primary N) is 1. The molecule has 1 aliphatic heterocycles. The van der Waals surface area contributed by atoms with Crippen molar-refractivity contribution in [3.8, 4) is 0 Å². The standard InChI is InChI=1S/C12H22N4O2S/c1-4-10-6-5-8(2)16(10)19(17,18)12-9(3)14-15-11(12)7-13/h8,10H,4-7,13H2,1-3H3,(H,14,15). The maximum Gasteiger partial charge on any atom is 0.247 e. The molecule has 2 unspecified atom stereocenters. The van der Waals surface area contributed by atoms with Crippen molar-refractivity contribution >= 4 is 10.0 Å². The molecule has 3 N–H and O–H groups in total. The third-order valence-electron chi connectivity index (χ3n) is 3.87. The van der Waals surface area contributed by atoms with E-state index in [4.69, 9.17) is 5.73 Å². The highest BCUT2D eigenvalue weighted by atomic mass is 32.2. The number of H-pyrrole nitrogens is 1. The first-order valence-electron chi connectivity index (χ1n) is 6.70. The van der Waals surface area contributed by atoms with Crippen LogP contribution in [0.15, 0.2) is 4.90 Å². The van der Waals surface area contributed by atoms with E-state index in [1.165, 1.54) is 0 Å². The summed E-state index contributed by atoms with van der Waals surface area (Å²) in [6.07, 6.45) is 2.66. The van der Waals surface area contributed by atoms with Crippen LogP contribution in [0.4, 0.5) is 0 Å². The number of nitrogens with one attached hydrogen (secondary N) is 1. The summed E-state index contributed by atoms with van der Waals surface area (Å²) in [6.45, 7) is 5.83. The Bertz CT molecular complexity index is 552. The van der Waals surface area contributed by atoms with Crippen molar-refractivity contribution in [3.05, 3.63) is 11.4 Å². The second kappa shape index (κ2) is 5.22. The summed E-state index contributed by atoms with van der Waals surface area (Å²) in [5, 5.41) is 6.72. The van der Waals surface area contributed by atoms with Crippen LogP contribution >= 0.6 is 0 Å². The predicted octanol–water partition coefficient (Wildman–Crippen LogP) is 1.13. The molecule has 0 radical (unpaired) electrons. The van der Waals surface area contributed by atoms with E-state index in [1.807, 2.05) is 13.8 Å². The Balaban J connectivity index is 2.50. The van der Waals surface area contributed by atoms with E-state index in [9.17, 15) is 8.42 Å². The zero-order valence-corrected chi connectivity index (χ0v) is 12.5. The molecule has 2 heterocycles. The highest BCUT2D eigenvalue weighted by Crippen LogP contribution is 2.34. The van der Waals surface area contributed by atoms with Gasteiger partial charge in [-0.05, 0) is 33.1 Å². The average molecular weight is 286 g/mol. The highest BCUT2D eigenvalue weighted by molar-refractivity contribution is 7.89. The van der Waals surface area contributed by atoms with Crippen LogP contribution in [0.25, 0.3) is 0 Å². The van der Waals surface area contributed by atoms with Gasteiger partial charge in [-0.3, -0.25) is 5.10 Å². The van der Waals surface area contributed by atoms with Crippen LogP contribution in [0.3, 0.4) is 0 Å². The van der Waals surface area contributed by atoms with Crippen LogP contribution in [0.5, 0.6) is 0 Å². The van der Waals surface area contributed by atoms with Crippen molar-refractivity contribution in [2.75, 3.05) is 0 Å². The summed E-state index contributed by atoms with van der Waals surface area (Å²) in [7, 11) is -3.52. The van der Waals surface area contributed by atoms with Crippen molar-refractivity contribution in [2.45, 2.75) is 63.6 Å². The number of aromatic nitrogens is 2. The molecule has 0 aliphatic carbocycles. The minimum atomic E-state index is -3.52. The van der Waals surface area contributed by atoms with Gasteiger partial charge in [0, 0.05) is 18.6 Å². The number of hydrogen-bond acceptors (Lipinski definition) is 4. The van der Waals surface area contributed by atoms with Gasteiger partial charge in [-0.1, -0.05) is 6.92 Å². The SMILES string of the molecule is CCC1CCC(C)N1S(=O)(=O)c1c(CN)n[nH]c1C. The molecule has 1 fully saturated rings. The molecule has 2 rings (SSSR count). The van der Waals surface area contributed by atoms with Crippen LogP contribution in [-0.2, 0) is 16.6 Å². The van der Waals surface area contributed by atoms with Gasteiger partial charge >= 0.3 is 0 Å². The van der Waals surface area contributed by atoms with E-state index in [2.05, 4.69) is 10.2 Å². The highest BCUT2D eigenvalue weighted by Gasteiger charge is 2.41. The molecule has 0 spiro atoms. The third-order valence-corrected chi connectivity index (χ3v) is 6.14. The first-order valence-corrected chi connectivity index (χ1v) is 8.14. The van der Waals surface area contributed by atoms with Crippen molar-refractivity contribution < 1.29 is 8.42 Å². The van der Waals surface area contributed by atoms with Gasteiger partial charge < -0.3 is 5.73 Å². The van der Waals surface area contributed by atoms with Gasteiger partial charge in [-0.2, -0.15) is 9.40 Å². The zero-order valence-electron chi connectivity index (χ0n) is 11.7. The topological polar surface area (TPSA) is 92.1 Å². The molecule has 1 aromatic rings. The first-order chi connectivity index (χ1) is 8.93. The Kier molecular flexibility index (Phi) is 3.98. The lowest BCUT2D eigenvalue weighted by molar-refractivity contribution is 0.328. The minimum absolute atomic E-state index is 0.0369. The molecular weight excluding hydrogens is 264 g/mol. The van der Waals surface area contributed by atoms with Crippen LogP contribution in [-0.4, -0.2) is 35.0 Å². The van der Waals surface area contributed by atoms with Crippen molar-refractivity contribution in [1.29, 1.82) is 0 Å². The zero-order chi connectivity index (χ0) is 14.2. The van der Waals surface area contributed by atoms with Crippen LogP contribution < -0.4 is 5.73 Å². The van der Waals surface area contributed by atoms with Gasteiger partial charge in [-0.25, -0.2) is 8.42 Å². The normalized spacial score (nSPS) is 25.1. The van der Waals surface area contributed by atoms with E-state index in [1.54, 1.807) is 11.2 Å². The van der Waals surface area contributed by atoms with Crippen LogP contribution in [0.2, 0.25) is 0 Å². The van der Waals surface area contributed by atoms with Crippen molar-refractivity contribution in [3.63, 3.8) is 0 Å². The number of aromatic amines is 1. The van der Waals surface area contributed by atoms with E-state index in [0.717, 1.165) is 19.3 Å². The summed E-state index contributed by atoms with van der Waals surface area (Å²) >= 11 is 0. The molecule has 1 aromatic heterocycles. The smallest absolute Gasteiger partial charge is 0.247 e. The molecule has 0 amide bonds. The fourth-order valence-corrected chi connectivity index (χ4v) is 5.22. The molecule has 6 nitrogen and oxygen atoms in total. The maximum atomic E-state index is 12.9. The van der Waals surface area contributed by atoms with Gasteiger partial charge in [-0.15, -0.1) is 0 Å². The molecule has 0 saturated carbocycles. The lowest BCUT2D eigenvalue weighted by Crippen LogP contribution is -2.40. The van der Waals surface area contributed by atoms with E-state index in [0.29, 0.717) is 11.4 Å². The lowest BCUT2D eigenvalue weighted by Gasteiger charge is -2.27. The number of nitrogens with zero attached hydrogens (tertiary/aromatic N) is 2. The van der Waals surface area contributed by atoms with Gasteiger partial charge in [0.1, 0.15) is 4.90 Å². The van der Waals surface area contributed by atoms with Gasteiger partial charge in [0.25, 0.3) is 0 Å². The maximum absolute atomic E-state index is 12.9. The average Bonchev–Trinajstić information content (AvgIpc) is 2.92. The lowest BCUT2D eigenvalue weighted by atomic mass is 10.2. The van der Waals surface area contributed by atoms with Gasteiger partial charge in [0.05, 0.1) is 11.4 Å². The van der Waals surface area contributed by atoms with Gasteiger partial charge in [0.2, 0.25) is 10.0 Å². The fraction of sp³-hybridized carbons (Fsp3) is 0.750. The largest absolute Gasteiger partial charge is 0.325 e. The monoisotopic (exact) mass is 286 g/mol. The number of rotatable bonds is 4. The molecule has 0 aromatic carbocycles. The Hall–Kier alpha value is -0.920. The predicted molar refractivity (Wildman–Crippen MR) is 73.0 cm³/mol. The Morgan fingerprint density at radius 3 is 2.74 bits per heavy atom. The minimum Gasteiger partial charge on any atom is -0.325 e. The summed E-state index contributed by atoms with van der Waals surface area (Å²) in [5.74, 6) is 0. The van der Waals surface area contributed by atoms with E-state index < -0.39 is 10.0 Å². The second-order valence-electron chi connectivity index (χ2n) is 5.15. The Labute approximate surface area is 114 Å². The van der Waals surface area contributed by atoms with Gasteiger partial charge in [0.15, 0.2) is 0 Å². The Morgan fingerprint density at radius 1 is 1.47 bits per heavy atom. The van der Waals surface area contributed by atoms with Crippen molar-refractivity contribution in [1.82, 2.24) is 14.5 Å².